The smallest absolute Gasteiger partial charge is 0.222 e. The topological polar surface area (TPSA) is 49.4 Å². The minimum Gasteiger partial charge on any atom is -0.353 e. The molecule has 1 aromatic carbocycles. The summed E-state index contributed by atoms with van der Waals surface area (Å²) < 4.78 is 0. The number of amides is 2. The molecule has 0 aliphatic heterocycles. The van der Waals surface area contributed by atoms with Crippen LogP contribution in [0.25, 0.3) is 0 Å². The largest absolute Gasteiger partial charge is 0.353 e. The van der Waals surface area contributed by atoms with Crippen LogP contribution in [-0.4, -0.2) is 36.9 Å². The number of nitrogens with zero attached hydrogens (tertiary/aromatic N) is 1. The highest BCUT2D eigenvalue weighted by molar-refractivity contribution is 6.42. The van der Waals surface area contributed by atoms with Crippen molar-refractivity contribution in [3.05, 3.63) is 33.8 Å². The van der Waals surface area contributed by atoms with Crippen LogP contribution in [0.1, 0.15) is 37.2 Å². The fraction of sp³-hybridized carbons (Fsp3) is 0.500. The van der Waals surface area contributed by atoms with Gasteiger partial charge in [0.1, 0.15) is 0 Å². The maximum Gasteiger partial charge on any atom is 0.222 e. The molecule has 1 saturated carbocycles. The Bertz CT molecular complexity index is 575. The Balaban J connectivity index is 1.76. The van der Waals surface area contributed by atoms with E-state index >= 15 is 0 Å². The van der Waals surface area contributed by atoms with Crippen molar-refractivity contribution >= 4 is 35.0 Å². The minimum absolute atomic E-state index is 0.0165. The van der Waals surface area contributed by atoms with Crippen LogP contribution in [-0.2, 0) is 9.59 Å². The second-order valence-corrected chi connectivity index (χ2v) is 6.59. The van der Waals surface area contributed by atoms with Crippen LogP contribution in [0.3, 0.4) is 0 Å². The number of carbonyl (C=O) groups is 2. The molecule has 6 heteroatoms. The van der Waals surface area contributed by atoms with E-state index in [0.717, 1.165) is 12.0 Å². The van der Waals surface area contributed by atoms with Gasteiger partial charge in [0.15, 0.2) is 0 Å². The van der Waals surface area contributed by atoms with Gasteiger partial charge in [-0.1, -0.05) is 35.3 Å². The van der Waals surface area contributed by atoms with Crippen LogP contribution in [0.2, 0.25) is 10.0 Å². The number of nitrogens with one attached hydrogen (secondary N) is 1. The lowest BCUT2D eigenvalue weighted by Gasteiger charge is -2.10. The van der Waals surface area contributed by atoms with E-state index in [9.17, 15) is 9.59 Å². The summed E-state index contributed by atoms with van der Waals surface area (Å²) in [6, 6.07) is 5.69. The minimum atomic E-state index is -0.0165. The Kier molecular flexibility index (Phi) is 5.70. The van der Waals surface area contributed by atoms with Crippen molar-refractivity contribution < 1.29 is 9.59 Å². The average molecular weight is 343 g/mol. The van der Waals surface area contributed by atoms with Crippen molar-refractivity contribution in [1.82, 2.24) is 10.2 Å². The van der Waals surface area contributed by atoms with Gasteiger partial charge in [-0.15, -0.1) is 0 Å². The molecule has 1 N–H and O–H groups in total. The Hall–Kier alpha value is -1.26. The van der Waals surface area contributed by atoms with E-state index in [4.69, 9.17) is 23.2 Å². The number of halogens is 2. The molecule has 0 radical (unpaired) electrons. The van der Waals surface area contributed by atoms with Gasteiger partial charge in [-0.25, -0.2) is 0 Å². The van der Waals surface area contributed by atoms with E-state index in [1.165, 1.54) is 4.90 Å². The van der Waals surface area contributed by atoms with Crippen molar-refractivity contribution in [1.29, 1.82) is 0 Å². The normalized spacial score (nSPS) is 19.6. The van der Waals surface area contributed by atoms with Crippen LogP contribution in [0, 0.1) is 0 Å². The van der Waals surface area contributed by atoms with Crippen molar-refractivity contribution in [2.24, 2.45) is 0 Å². The lowest BCUT2D eigenvalue weighted by molar-refractivity contribution is -0.129. The lowest BCUT2D eigenvalue weighted by atomic mass is 10.1. The highest BCUT2D eigenvalue weighted by Crippen LogP contribution is 2.45. The molecular formula is C16H20Cl2N2O2. The first-order chi connectivity index (χ1) is 10.4. The van der Waals surface area contributed by atoms with Crippen molar-refractivity contribution in [3.63, 3.8) is 0 Å². The second kappa shape index (κ2) is 7.34. The quantitative estimate of drug-likeness (QED) is 0.862. The highest BCUT2D eigenvalue weighted by Gasteiger charge is 2.40. The highest BCUT2D eigenvalue weighted by atomic mass is 35.5. The Morgan fingerprint density at radius 2 is 2.00 bits per heavy atom. The monoisotopic (exact) mass is 342 g/mol. The molecule has 2 rings (SSSR count). The Morgan fingerprint density at radius 3 is 2.68 bits per heavy atom. The fourth-order valence-electron chi connectivity index (χ4n) is 2.41. The molecule has 4 nitrogen and oxygen atoms in total. The summed E-state index contributed by atoms with van der Waals surface area (Å²) in [4.78, 5) is 24.8. The molecule has 1 aromatic rings. The number of hydrogen-bond acceptors (Lipinski definition) is 2. The van der Waals surface area contributed by atoms with Gasteiger partial charge in [-0.05, 0) is 24.5 Å². The maximum atomic E-state index is 11.9. The predicted octanol–water partition coefficient (Wildman–Crippen LogP) is 3.22. The summed E-state index contributed by atoms with van der Waals surface area (Å²) in [6.07, 6.45) is 2.21. The van der Waals surface area contributed by atoms with Crippen LogP contribution in [0.15, 0.2) is 18.2 Å². The molecule has 2 atom stereocenters. The lowest BCUT2D eigenvalue weighted by Crippen LogP contribution is -2.27. The van der Waals surface area contributed by atoms with Gasteiger partial charge < -0.3 is 10.2 Å². The Morgan fingerprint density at radius 1 is 1.27 bits per heavy atom. The van der Waals surface area contributed by atoms with E-state index in [-0.39, 0.29) is 23.8 Å². The number of hydrogen-bond donors (Lipinski definition) is 1. The molecule has 22 heavy (non-hydrogen) atoms. The first-order valence-corrected chi connectivity index (χ1v) is 8.09. The first-order valence-electron chi connectivity index (χ1n) is 7.33. The molecule has 1 aliphatic carbocycles. The van der Waals surface area contributed by atoms with Crippen LogP contribution in [0.5, 0.6) is 0 Å². The summed E-state index contributed by atoms with van der Waals surface area (Å²) in [5.74, 6) is 0.263. The summed E-state index contributed by atoms with van der Waals surface area (Å²) in [7, 11) is 3.43. The zero-order chi connectivity index (χ0) is 16.3. The third-order valence-electron chi connectivity index (χ3n) is 3.81. The van der Waals surface area contributed by atoms with Gasteiger partial charge in [-0.3, -0.25) is 9.59 Å². The molecule has 120 valence electrons. The third-order valence-corrected chi connectivity index (χ3v) is 4.64. The summed E-state index contributed by atoms with van der Waals surface area (Å²) in [6.45, 7) is 0. The molecule has 1 aliphatic rings. The third kappa shape index (κ3) is 4.37. The van der Waals surface area contributed by atoms with Gasteiger partial charge in [0.25, 0.3) is 0 Å². The van der Waals surface area contributed by atoms with Gasteiger partial charge in [0.2, 0.25) is 11.8 Å². The number of carbonyl (C=O) groups excluding carboxylic acids is 2. The maximum absolute atomic E-state index is 11.9. The number of benzene rings is 1. The van der Waals surface area contributed by atoms with Crippen molar-refractivity contribution in [2.75, 3.05) is 14.1 Å². The SMILES string of the molecule is CN(C)C(=O)CCCC(=O)N[C@H]1C[C@H]1c1cccc(Cl)c1Cl. The van der Waals surface area contributed by atoms with Crippen LogP contribution >= 0.6 is 23.2 Å². The van der Waals surface area contributed by atoms with Crippen LogP contribution in [0.4, 0.5) is 0 Å². The standard InChI is InChI=1S/C16H20Cl2N2O2/c1-20(2)15(22)8-4-7-14(21)19-13-9-11(13)10-5-3-6-12(17)16(10)18/h3,5-6,11,13H,4,7-9H2,1-2H3,(H,19,21)/t11-,13-/m0/s1. The van der Waals surface area contributed by atoms with Crippen molar-refractivity contribution in [2.45, 2.75) is 37.6 Å². The Labute approximate surface area is 140 Å². The van der Waals surface area contributed by atoms with E-state index in [1.807, 2.05) is 12.1 Å². The average Bonchev–Trinajstić information content (AvgIpc) is 3.20. The van der Waals surface area contributed by atoms with Crippen molar-refractivity contribution in [3.8, 4) is 0 Å². The fourth-order valence-corrected chi connectivity index (χ4v) is 2.86. The zero-order valence-corrected chi connectivity index (χ0v) is 14.2. The van der Waals surface area contributed by atoms with Gasteiger partial charge in [-0.2, -0.15) is 0 Å². The summed E-state index contributed by atoms with van der Waals surface area (Å²) in [5.41, 5.74) is 0.988. The molecule has 0 spiro atoms. The first kappa shape index (κ1) is 17.1. The van der Waals surface area contributed by atoms with E-state index < -0.39 is 0 Å². The van der Waals surface area contributed by atoms with E-state index in [0.29, 0.717) is 29.3 Å². The summed E-state index contributed by atoms with van der Waals surface area (Å²) in [5, 5.41) is 4.10. The predicted molar refractivity (Wildman–Crippen MR) is 88.3 cm³/mol. The summed E-state index contributed by atoms with van der Waals surface area (Å²) >= 11 is 12.2. The molecule has 2 amide bonds. The molecule has 0 unspecified atom stereocenters. The zero-order valence-electron chi connectivity index (χ0n) is 12.7. The second-order valence-electron chi connectivity index (χ2n) is 5.80. The molecular weight excluding hydrogens is 323 g/mol. The van der Waals surface area contributed by atoms with E-state index in [2.05, 4.69) is 5.32 Å². The number of rotatable bonds is 6. The molecule has 0 aromatic heterocycles. The molecule has 0 heterocycles. The molecule has 1 fully saturated rings. The van der Waals surface area contributed by atoms with E-state index in [1.54, 1.807) is 20.2 Å². The van der Waals surface area contributed by atoms with Crippen LogP contribution < -0.4 is 5.32 Å². The molecule has 0 saturated heterocycles. The molecule has 0 bridgehead atoms. The van der Waals surface area contributed by atoms with Gasteiger partial charge >= 0.3 is 0 Å². The van der Waals surface area contributed by atoms with Gasteiger partial charge in [0, 0.05) is 38.9 Å². The van der Waals surface area contributed by atoms with Gasteiger partial charge in [0.05, 0.1) is 10.0 Å².